The minimum atomic E-state index is -0.805. The fourth-order valence-electron chi connectivity index (χ4n) is 5.63. The SMILES string of the molecule is O=C(Nc1ccc(N2CCC(Cc3ccccc3)CC2)c(C(=O)N2CCCCC2)c1)C(Cl)c1ccccc1. The molecular formula is C32H36ClN3O2. The molecule has 3 aromatic carbocycles. The summed E-state index contributed by atoms with van der Waals surface area (Å²) in [5.74, 6) is 0.392. The molecule has 0 bridgehead atoms. The summed E-state index contributed by atoms with van der Waals surface area (Å²) in [5.41, 5.74) is 4.35. The van der Waals surface area contributed by atoms with Crippen LogP contribution in [-0.4, -0.2) is 42.9 Å². The van der Waals surface area contributed by atoms with Crippen molar-refractivity contribution in [1.29, 1.82) is 0 Å². The third-order valence-corrected chi connectivity index (χ3v) is 8.23. The molecule has 1 unspecified atom stereocenters. The van der Waals surface area contributed by atoms with E-state index in [1.807, 2.05) is 53.4 Å². The number of rotatable bonds is 7. The summed E-state index contributed by atoms with van der Waals surface area (Å²) < 4.78 is 0. The fraction of sp³-hybridized carbons (Fsp3) is 0.375. The maximum Gasteiger partial charge on any atom is 0.256 e. The van der Waals surface area contributed by atoms with E-state index in [0.717, 1.165) is 76.0 Å². The van der Waals surface area contributed by atoms with E-state index in [0.29, 0.717) is 17.2 Å². The quantitative estimate of drug-likeness (QED) is 0.347. The van der Waals surface area contributed by atoms with Gasteiger partial charge in [0.2, 0.25) is 5.91 Å². The molecule has 3 aromatic rings. The first-order valence-corrected chi connectivity index (χ1v) is 14.2. The van der Waals surface area contributed by atoms with Gasteiger partial charge < -0.3 is 15.1 Å². The van der Waals surface area contributed by atoms with Crippen LogP contribution in [0, 0.1) is 5.92 Å². The van der Waals surface area contributed by atoms with Gasteiger partial charge in [0.15, 0.2) is 0 Å². The Bertz CT molecular complexity index is 1220. The molecule has 2 aliphatic heterocycles. The molecule has 2 amide bonds. The Hall–Kier alpha value is -3.31. The summed E-state index contributed by atoms with van der Waals surface area (Å²) >= 11 is 6.46. The number of nitrogens with zero attached hydrogens (tertiary/aromatic N) is 2. The van der Waals surface area contributed by atoms with Crippen molar-refractivity contribution in [3.63, 3.8) is 0 Å². The smallest absolute Gasteiger partial charge is 0.256 e. The van der Waals surface area contributed by atoms with Crippen LogP contribution in [0.25, 0.3) is 0 Å². The maximum atomic E-state index is 13.7. The lowest BCUT2D eigenvalue weighted by molar-refractivity contribution is -0.116. The molecule has 1 atom stereocenters. The molecule has 1 N–H and O–H groups in total. The van der Waals surface area contributed by atoms with Crippen molar-refractivity contribution >= 4 is 34.8 Å². The van der Waals surface area contributed by atoms with Crippen LogP contribution in [0.5, 0.6) is 0 Å². The number of likely N-dealkylation sites (tertiary alicyclic amines) is 1. The highest BCUT2D eigenvalue weighted by molar-refractivity contribution is 6.32. The zero-order chi connectivity index (χ0) is 26.3. The summed E-state index contributed by atoms with van der Waals surface area (Å²) in [6, 6.07) is 25.7. The molecule has 38 heavy (non-hydrogen) atoms. The maximum absolute atomic E-state index is 13.7. The lowest BCUT2D eigenvalue weighted by atomic mass is 9.89. The molecule has 2 aliphatic rings. The van der Waals surface area contributed by atoms with Crippen molar-refractivity contribution in [2.24, 2.45) is 5.92 Å². The molecule has 6 heteroatoms. The summed E-state index contributed by atoms with van der Waals surface area (Å²) in [7, 11) is 0. The molecule has 0 aliphatic carbocycles. The largest absolute Gasteiger partial charge is 0.371 e. The van der Waals surface area contributed by atoms with E-state index in [4.69, 9.17) is 11.6 Å². The van der Waals surface area contributed by atoms with Crippen LogP contribution in [0.4, 0.5) is 11.4 Å². The summed E-state index contributed by atoms with van der Waals surface area (Å²) in [6.45, 7) is 3.40. The first kappa shape index (κ1) is 26.3. The topological polar surface area (TPSA) is 52.7 Å². The molecule has 0 saturated carbocycles. The number of hydrogen-bond donors (Lipinski definition) is 1. The highest BCUT2D eigenvalue weighted by atomic mass is 35.5. The molecule has 5 rings (SSSR count). The minimum Gasteiger partial charge on any atom is -0.371 e. The predicted octanol–water partition coefficient (Wildman–Crippen LogP) is 6.69. The second-order valence-electron chi connectivity index (χ2n) is 10.5. The van der Waals surface area contributed by atoms with Crippen LogP contribution in [0.2, 0.25) is 0 Å². The number of nitrogens with one attached hydrogen (secondary N) is 1. The van der Waals surface area contributed by atoms with E-state index in [1.165, 1.54) is 5.56 Å². The summed E-state index contributed by atoms with van der Waals surface area (Å²) in [6.07, 6.45) is 6.52. The van der Waals surface area contributed by atoms with Gasteiger partial charge in [-0.3, -0.25) is 9.59 Å². The van der Waals surface area contributed by atoms with Crippen LogP contribution in [0.15, 0.2) is 78.9 Å². The zero-order valence-electron chi connectivity index (χ0n) is 21.8. The van der Waals surface area contributed by atoms with Gasteiger partial charge in [-0.25, -0.2) is 0 Å². The van der Waals surface area contributed by atoms with Gasteiger partial charge in [0.25, 0.3) is 5.91 Å². The van der Waals surface area contributed by atoms with Gasteiger partial charge in [-0.1, -0.05) is 60.7 Å². The second kappa shape index (κ2) is 12.5. The standard InChI is InChI=1S/C32H36ClN3O2/c33-30(26-12-6-2-7-13-26)31(37)34-27-14-15-29(28(23-27)32(38)36-18-8-3-9-19-36)35-20-16-25(17-21-35)22-24-10-4-1-5-11-24/h1-2,4-7,10-15,23,25,30H,3,8-9,16-22H2,(H,34,37). The third kappa shape index (κ3) is 6.39. The lowest BCUT2D eigenvalue weighted by Crippen LogP contribution is -2.39. The van der Waals surface area contributed by atoms with Crippen molar-refractivity contribution in [1.82, 2.24) is 4.90 Å². The van der Waals surface area contributed by atoms with Crippen molar-refractivity contribution in [2.75, 3.05) is 36.4 Å². The number of anilines is 2. The van der Waals surface area contributed by atoms with Gasteiger partial charge >= 0.3 is 0 Å². The Morgan fingerprint density at radius 2 is 1.50 bits per heavy atom. The Balaban J connectivity index is 1.33. The van der Waals surface area contributed by atoms with E-state index >= 15 is 0 Å². The van der Waals surface area contributed by atoms with Crippen LogP contribution in [0.1, 0.15) is 59.0 Å². The Kier molecular flexibility index (Phi) is 8.65. The van der Waals surface area contributed by atoms with E-state index in [2.05, 4.69) is 40.5 Å². The monoisotopic (exact) mass is 529 g/mol. The summed E-state index contributed by atoms with van der Waals surface area (Å²) in [5, 5.41) is 2.14. The Morgan fingerprint density at radius 1 is 0.842 bits per heavy atom. The van der Waals surface area contributed by atoms with Gasteiger partial charge in [0, 0.05) is 37.6 Å². The number of carbonyl (C=O) groups is 2. The van der Waals surface area contributed by atoms with Crippen molar-refractivity contribution < 1.29 is 9.59 Å². The van der Waals surface area contributed by atoms with Gasteiger partial charge in [-0.05, 0) is 73.8 Å². The molecule has 0 radical (unpaired) electrons. The number of carbonyl (C=O) groups excluding carboxylic acids is 2. The first-order chi connectivity index (χ1) is 18.6. The second-order valence-corrected chi connectivity index (χ2v) is 10.9. The molecule has 0 spiro atoms. The van der Waals surface area contributed by atoms with Crippen molar-refractivity contribution in [3.05, 3.63) is 95.6 Å². The number of piperidine rings is 2. The first-order valence-electron chi connectivity index (χ1n) is 13.8. The average Bonchev–Trinajstić information content (AvgIpc) is 2.98. The number of amides is 2. The molecule has 2 saturated heterocycles. The molecule has 198 valence electrons. The number of hydrogen-bond acceptors (Lipinski definition) is 3. The van der Waals surface area contributed by atoms with Crippen molar-refractivity contribution in [3.8, 4) is 0 Å². The normalized spacial score (nSPS) is 17.2. The highest BCUT2D eigenvalue weighted by Crippen LogP contribution is 2.32. The summed E-state index contributed by atoms with van der Waals surface area (Å²) in [4.78, 5) is 31.0. The van der Waals surface area contributed by atoms with E-state index in [-0.39, 0.29) is 11.8 Å². The fourth-order valence-corrected chi connectivity index (χ4v) is 5.83. The minimum absolute atomic E-state index is 0.0488. The van der Waals surface area contributed by atoms with E-state index < -0.39 is 5.38 Å². The number of halogens is 1. The lowest BCUT2D eigenvalue weighted by Gasteiger charge is -2.36. The third-order valence-electron chi connectivity index (χ3n) is 7.78. The zero-order valence-corrected chi connectivity index (χ0v) is 22.6. The molecule has 2 fully saturated rings. The number of benzene rings is 3. The number of alkyl halides is 1. The van der Waals surface area contributed by atoms with Crippen molar-refractivity contribution in [2.45, 2.75) is 43.9 Å². The van der Waals surface area contributed by atoms with Crippen LogP contribution in [0.3, 0.4) is 0 Å². The van der Waals surface area contributed by atoms with Crippen LogP contribution >= 0.6 is 11.6 Å². The van der Waals surface area contributed by atoms with Crippen LogP contribution in [-0.2, 0) is 11.2 Å². The molecule has 2 heterocycles. The van der Waals surface area contributed by atoms with Crippen LogP contribution < -0.4 is 10.2 Å². The van der Waals surface area contributed by atoms with E-state index in [9.17, 15) is 9.59 Å². The van der Waals surface area contributed by atoms with Gasteiger partial charge in [0.05, 0.1) is 5.56 Å². The van der Waals surface area contributed by atoms with Gasteiger partial charge in [-0.2, -0.15) is 0 Å². The molecular weight excluding hydrogens is 494 g/mol. The predicted molar refractivity (Wildman–Crippen MR) is 155 cm³/mol. The highest BCUT2D eigenvalue weighted by Gasteiger charge is 2.27. The average molecular weight is 530 g/mol. The van der Waals surface area contributed by atoms with Gasteiger partial charge in [0.1, 0.15) is 5.38 Å². The van der Waals surface area contributed by atoms with E-state index in [1.54, 1.807) is 0 Å². The Morgan fingerprint density at radius 3 is 2.18 bits per heavy atom. The molecule has 5 nitrogen and oxygen atoms in total. The Labute approximate surface area is 230 Å². The molecule has 0 aromatic heterocycles. The van der Waals surface area contributed by atoms with Gasteiger partial charge in [-0.15, -0.1) is 11.6 Å².